The SMILES string of the molecule is CC(C)N1C(=O)c2ccc(C(=O)NC3=NS(=O)(=O)c4ccccc43)cc2S1(=O)=O. The molecule has 4 rings (SSSR count). The molecule has 0 spiro atoms. The number of rotatable bonds is 2. The highest BCUT2D eigenvalue weighted by Gasteiger charge is 2.43. The second-order valence-corrected chi connectivity index (χ2v) is 10.1. The molecule has 1 N–H and O–H groups in total. The van der Waals surface area contributed by atoms with Crippen molar-refractivity contribution >= 4 is 37.7 Å². The van der Waals surface area contributed by atoms with Crippen LogP contribution < -0.4 is 5.32 Å². The first-order chi connectivity index (χ1) is 13.5. The maximum Gasteiger partial charge on any atom is 0.285 e. The van der Waals surface area contributed by atoms with Crippen molar-refractivity contribution in [1.29, 1.82) is 0 Å². The molecular weight excluding hydrogens is 418 g/mol. The van der Waals surface area contributed by atoms with Gasteiger partial charge in [-0.15, -0.1) is 4.40 Å². The number of sulfonamides is 2. The lowest BCUT2D eigenvalue weighted by molar-refractivity contribution is 0.0845. The van der Waals surface area contributed by atoms with Crippen LogP contribution in [0.5, 0.6) is 0 Å². The summed E-state index contributed by atoms with van der Waals surface area (Å²) >= 11 is 0. The zero-order chi connectivity index (χ0) is 21.1. The van der Waals surface area contributed by atoms with E-state index in [2.05, 4.69) is 9.71 Å². The Hall–Kier alpha value is -3.05. The van der Waals surface area contributed by atoms with Crippen molar-refractivity contribution in [2.75, 3.05) is 0 Å². The number of carbonyl (C=O) groups is 2. The molecule has 9 nitrogen and oxygen atoms in total. The lowest BCUT2D eigenvalue weighted by atomic mass is 10.1. The Morgan fingerprint density at radius 1 is 1.00 bits per heavy atom. The minimum absolute atomic E-state index is 0.0126. The smallest absolute Gasteiger partial charge is 0.285 e. The third kappa shape index (κ3) is 2.85. The first-order valence-corrected chi connectivity index (χ1v) is 11.4. The average molecular weight is 433 g/mol. The third-order valence-corrected chi connectivity index (χ3v) is 7.88. The van der Waals surface area contributed by atoms with Crippen LogP contribution in [0.25, 0.3) is 0 Å². The number of benzene rings is 2. The Bertz CT molecular complexity index is 1330. The predicted octanol–water partition coefficient (Wildman–Crippen LogP) is 1.12. The van der Waals surface area contributed by atoms with Crippen LogP contribution in [0.15, 0.2) is 56.7 Å². The van der Waals surface area contributed by atoms with E-state index in [1.165, 1.54) is 24.3 Å². The fourth-order valence-corrected chi connectivity index (χ4v) is 6.24. The fourth-order valence-electron chi connectivity index (χ4n) is 3.28. The Balaban J connectivity index is 1.70. The summed E-state index contributed by atoms with van der Waals surface area (Å²) in [6, 6.07) is 9.14. The predicted molar refractivity (Wildman–Crippen MR) is 103 cm³/mol. The number of carbonyl (C=O) groups excluding carboxylic acids is 2. The zero-order valence-corrected chi connectivity index (χ0v) is 16.9. The van der Waals surface area contributed by atoms with E-state index < -0.39 is 37.9 Å². The summed E-state index contributed by atoms with van der Waals surface area (Å²) in [6.07, 6.45) is 0. The molecule has 0 saturated heterocycles. The lowest BCUT2D eigenvalue weighted by Crippen LogP contribution is -2.36. The summed E-state index contributed by atoms with van der Waals surface area (Å²) in [4.78, 5) is 24.7. The van der Waals surface area contributed by atoms with Gasteiger partial charge in [0.15, 0.2) is 5.84 Å². The molecule has 0 unspecified atom stereocenters. The molecule has 29 heavy (non-hydrogen) atoms. The lowest BCUT2D eigenvalue weighted by Gasteiger charge is -2.18. The standard InChI is InChI=1S/C18H15N3O6S2/c1-10(2)21-18(23)13-8-7-11(9-15(13)29(21,26)27)17(22)19-16-12-5-3-4-6-14(12)28(24,25)20-16/h3-10H,1-2H3,(H,19,20,22). The number of nitrogens with zero attached hydrogens (tertiary/aromatic N) is 2. The van der Waals surface area contributed by atoms with Crippen molar-refractivity contribution in [2.24, 2.45) is 4.40 Å². The number of nitrogens with one attached hydrogen (secondary N) is 1. The molecule has 2 aromatic carbocycles. The van der Waals surface area contributed by atoms with E-state index in [1.807, 2.05) is 0 Å². The second-order valence-electron chi connectivity index (χ2n) is 6.78. The van der Waals surface area contributed by atoms with Gasteiger partial charge in [-0.25, -0.2) is 12.7 Å². The van der Waals surface area contributed by atoms with Gasteiger partial charge in [0.2, 0.25) is 0 Å². The van der Waals surface area contributed by atoms with Crippen LogP contribution in [0.2, 0.25) is 0 Å². The van der Waals surface area contributed by atoms with E-state index in [9.17, 15) is 26.4 Å². The summed E-state index contributed by atoms with van der Waals surface area (Å²) in [6.45, 7) is 3.15. The summed E-state index contributed by atoms with van der Waals surface area (Å²) in [5.74, 6) is -1.54. The van der Waals surface area contributed by atoms with Crippen LogP contribution in [0.4, 0.5) is 0 Å². The van der Waals surface area contributed by atoms with E-state index in [4.69, 9.17) is 0 Å². The fraction of sp³-hybridized carbons (Fsp3) is 0.167. The van der Waals surface area contributed by atoms with Gasteiger partial charge in [0.1, 0.15) is 9.79 Å². The monoisotopic (exact) mass is 433 g/mol. The molecule has 2 heterocycles. The average Bonchev–Trinajstić information content (AvgIpc) is 3.02. The van der Waals surface area contributed by atoms with Gasteiger partial charge in [0.05, 0.1) is 5.56 Å². The summed E-state index contributed by atoms with van der Waals surface area (Å²) in [5.41, 5.74) is 0.187. The molecule has 2 aliphatic rings. The van der Waals surface area contributed by atoms with Crippen molar-refractivity contribution in [1.82, 2.24) is 9.62 Å². The topological polar surface area (TPSA) is 130 Å². The maximum atomic E-state index is 12.7. The minimum atomic E-state index is -4.07. The van der Waals surface area contributed by atoms with Crippen molar-refractivity contribution < 1.29 is 26.4 Å². The summed E-state index contributed by atoms with van der Waals surface area (Å²) < 4.78 is 53.9. The van der Waals surface area contributed by atoms with Crippen molar-refractivity contribution in [3.8, 4) is 0 Å². The van der Waals surface area contributed by atoms with E-state index >= 15 is 0 Å². The van der Waals surface area contributed by atoms with Gasteiger partial charge in [-0.05, 0) is 44.2 Å². The van der Waals surface area contributed by atoms with Crippen molar-refractivity contribution in [2.45, 2.75) is 29.7 Å². The molecule has 0 bridgehead atoms. The van der Waals surface area contributed by atoms with E-state index in [0.29, 0.717) is 0 Å². The summed E-state index contributed by atoms with van der Waals surface area (Å²) in [5, 5.41) is 2.41. The van der Waals surface area contributed by atoms with Gasteiger partial charge in [0.25, 0.3) is 31.9 Å². The highest BCUT2D eigenvalue weighted by molar-refractivity contribution is 7.91. The van der Waals surface area contributed by atoms with Gasteiger partial charge in [0, 0.05) is 17.2 Å². The van der Waals surface area contributed by atoms with Gasteiger partial charge in [-0.2, -0.15) is 8.42 Å². The maximum absolute atomic E-state index is 12.7. The first-order valence-electron chi connectivity index (χ1n) is 8.52. The molecule has 0 saturated carbocycles. The molecule has 2 aromatic rings. The molecule has 0 aliphatic carbocycles. The molecular formula is C18H15N3O6S2. The van der Waals surface area contributed by atoms with E-state index in [0.717, 1.165) is 10.4 Å². The quantitative estimate of drug-likeness (QED) is 0.755. The van der Waals surface area contributed by atoms with Crippen molar-refractivity contribution in [3.63, 3.8) is 0 Å². The van der Waals surface area contributed by atoms with Crippen LogP contribution in [0.1, 0.15) is 40.1 Å². The first kappa shape index (κ1) is 19.3. The van der Waals surface area contributed by atoms with Crippen LogP contribution in [0, 0.1) is 0 Å². The number of fused-ring (bicyclic) bond motifs is 2. The molecule has 11 heteroatoms. The Morgan fingerprint density at radius 3 is 2.38 bits per heavy atom. The Morgan fingerprint density at radius 2 is 1.69 bits per heavy atom. The largest absolute Gasteiger partial charge is 0.305 e. The normalized spacial score (nSPS) is 18.4. The Kier molecular flexibility index (Phi) is 4.14. The molecule has 0 atom stereocenters. The molecule has 150 valence electrons. The highest BCUT2D eigenvalue weighted by Crippen LogP contribution is 2.32. The molecule has 0 radical (unpaired) electrons. The number of hydrogen-bond acceptors (Lipinski definition) is 6. The number of amidine groups is 1. The molecule has 0 aromatic heterocycles. The minimum Gasteiger partial charge on any atom is -0.305 e. The summed E-state index contributed by atoms with van der Waals surface area (Å²) in [7, 11) is -7.98. The van der Waals surface area contributed by atoms with Crippen LogP contribution in [-0.4, -0.2) is 44.8 Å². The van der Waals surface area contributed by atoms with Gasteiger partial charge in [-0.1, -0.05) is 12.1 Å². The Labute approximate surface area is 167 Å². The van der Waals surface area contributed by atoms with Gasteiger partial charge in [-0.3, -0.25) is 9.59 Å². The zero-order valence-electron chi connectivity index (χ0n) is 15.3. The van der Waals surface area contributed by atoms with Gasteiger partial charge >= 0.3 is 0 Å². The number of hydrogen-bond donors (Lipinski definition) is 1. The second kappa shape index (κ2) is 6.22. The number of amides is 2. The van der Waals surface area contributed by atoms with E-state index in [-0.39, 0.29) is 32.3 Å². The molecule has 0 fully saturated rings. The highest BCUT2D eigenvalue weighted by atomic mass is 32.2. The van der Waals surface area contributed by atoms with Gasteiger partial charge < -0.3 is 5.32 Å². The van der Waals surface area contributed by atoms with E-state index in [1.54, 1.807) is 26.0 Å². The molecule has 2 aliphatic heterocycles. The third-order valence-electron chi connectivity index (χ3n) is 4.54. The molecule has 2 amide bonds. The van der Waals surface area contributed by atoms with Crippen LogP contribution in [0.3, 0.4) is 0 Å². The van der Waals surface area contributed by atoms with Crippen LogP contribution >= 0.6 is 0 Å². The van der Waals surface area contributed by atoms with Crippen molar-refractivity contribution in [3.05, 3.63) is 59.2 Å². The van der Waals surface area contributed by atoms with Crippen LogP contribution in [-0.2, 0) is 20.0 Å².